The van der Waals surface area contributed by atoms with E-state index in [9.17, 15) is 9.59 Å². The Bertz CT molecular complexity index is 210. The third kappa shape index (κ3) is 3.12. The van der Waals surface area contributed by atoms with Crippen molar-refractivity contribution in [3.05, 3.63) is 0 Å². The van der Waals surface area contributed by atoms with Gasteiger partial charge >= 0.3 is 0 Å². The van der Waals surface area contributed by atoms with Crippen LogP contribution in [0.25, 0.3) is 0 Å². The first-order valence-electron chi connectivity index (χ1n) is 4.07. The van der Waals surface area contributed by atoms with Gasteiger partial charge in [-0.15, -0.1) is 0 Å². The van der Waals surface area contributed by atoms with E-state index >= 15 is 0 Å². The number of Topliss-reactive ketones (excluding diaryl/α,β-unsaturated/α-hetero) is 2. The van der Waals surface area contributed by atoms with Crippen molar-refractivity contribution in [3.8, 4) is 0 Å². The van der Waals surface area contributed by atoms with Gasteiger partial charge in [0.05, 0.1) is 19.3 Å². The highest BCUT2D eigenvalue weighted by Gasteiger charge is 2.35. The lowest BCUT2D eigenvalue weighted by Crippen LogP contribution is -2.38. The maximum Gasteiger partial charge on any atom is 0.160 e. The summed E-state index contributed by atoms with van der Waals surface area (Å²) in [7, 11) is 0. The molecule has 0 amide bonds. The maximum atomic E-state index is 11.6. The molecule has 0 spiro atoms. The molecule has 4 unspecified atom stereocenters. The van der Waals surface area contributed by atoms with E-state index in [0.717, 1.165) is 0 Å². The Balaban J connectivity index is 2.81. The molecule has 1 fully saturated rings. The molecule has 0 radical (unpaired) electrons. The largest absolute Gasteiger partial charge is 0.297 e. The molecule has 1 rings (SSSR count). The molecule has 0 bridgehead atoms. The Labute approximate surface area is 116 Å². The fourth-order valence-corrected chi connectivity index (χ4v) is 5.70. The summed E-state index contributed by atoms with van der Waals surface area (Å²) in [4.78, 5) is 22.3. The lowest BCUT2D eigenvalue weighted by Gasteiger charge is -2.23. The highest BCUT2D eigenvalue weighted by Crippen LogP contribution is 2.29. The second-order valence-corrected chi connectivity index (χ2v) is 7.57. The van der Waals surface area contributed by atoms with Gasteiger partial charge in [0.2, 0.25) is 0 Å². The van der Waals surface area contributed by atoms with E-state index in [1.807, 2.05) is 0 Å². The van der Waals surface area contributed by atoms with Crippen LogP contribution in [0.3, 0.4) is 0 Å². The Morgan fingerprint density at radius 1 is 0.714 bits per heavy atom. The number of alkyl halides is 4. The molecule has 0 heterocycles. The van der Waals surface area contributed by atoms with Crippen molar-refractivity contribution in [1.82, 2.24) is 0 Å². The van der Waals surface area contributed by atoms with Crippen LogP contribution in [0.5, 0.6) is 0 Å². The molecule has 6 heteroatoms. The van der Waals surface area contributed by atoms with E-state index in [4.69, 9.17) is 0 Å². The Hall–Kier alpha value is 1.26. The molecule has 2 nitrogen and oxygen atoms in total. The summed E-state index contributed by atoms with van der Waals surface area (Å²) in [6.45, 7) is 0. The zero-order valence-electron chi connectivity index (χ0n) is 7.05. The first kappa shape index (κ1) is 13.3. The standard InChI is InChI=1S/C8H8Br4O2/c9-3-1-4(10)8(14)6(12)2-5(11)7(3)13/h3-6H,1-2H2. The van der Waals surface area contributed by atoms with Crippen LogP contribution in [0.1, 0.15) is 12.8 Å². The van der Waals surface area contributed by atoms with Crippen LogP contribution >= 0.6 is 63.7 Å². The summed E-state index contributed by atoms with van der Waals surface area (Å²) in [5.74, 6) is 0.206. The van der Waals surface area contributed by atoms with Crippen LogP contribution in [0.15, 0.2) is 0 Å². The molecule has 14 heavy (non-hydrogen) atoms. The predicted molar refractivity (Wildman–Crippen MR) is 70.1 cm³/mol. The molecule has 0 aromatic rings. The number of carbonyl (C=O) groups is 2. The lowest BCUT2D eigenvalue weighted by atomic mass is 9.98. The van der Waals surface area contributed by atoms with Gasteiger partial charge in [-0.1, -0.05) is 63.7 Å². The van der Waals surface area contributed by atoms with Gasteiger partial charge in [0.25, 0.3) is 0 Å². The first-order chi connectivity index (χ1) is 6.43. The SMILES string of the molecule is O=C1C(Br)CC(Br)C(=O)C(Br)CC1Br. The van der Waals surface area contributed by atoms with E-state index < -0.39 is 0 Å². The minimum atomic E-state index is -0.250. The van der Waals surface area contributed by atoms with Crippen molar-refractivity contribution in [2.75, 3.05) is 0 Å². The number of halogens is 4. The smallest absolute Gasteiger partial charge is 0.160 e. The normalized spacial score (nSPS) is 40.6. The Morgan fingerprint density at radius 3 is 1.14 bits per heavy atom. The monoisotopic (exact) mass is 452 g/mol. The third-order valence-electron chi connectivity index (χ3n) is 2.06. The molecule has 0 aromatic heterocycles. The van der Waals surface area contributed by atoms with Crippen molar-refractivity contribution in [3.63, 3.8) is 0 Å². The number of rotatable bonds is 0. The van der Waals surface area contributed by atoms with Gasteiger partial charge in [0.15, 0.2) is 11.6 Å². The van der Waals surface area contributed by atoms with Gasteiger partial charge in [-0.3, -0.25) is 9.59 Å². The fraction of sp³-hybridized carbons (Fsp3) is 0.750. The van der Waals surface area contributed by atoms with E-state index in [2.05, 4.69) is 63.7 Å². The van der Waals surface area contributed by atoms with Crippen LogP contribution in [0.2, 0.25) is 0 Å². The molecule has 0 N–H and O–H groups in total. The first-order valence-corrected chi connectivity index (χ1v) is 7.73. The summed E-state index contributed by atoms with van der Waals surface area (Å²) in [6.07, 6.45) is 1.00. The molecule has 1 aliphatic carbocycles. The topological polar surface area (TPSA) is 34.1 Å². The molecule has 4 atom stereocenters. The summed E-state index contributed by atoms with van der Waals surface area (Å²) in [6, 6.07) is 0. The van der Waals surface area contributed by atoms with Crippen molar-refractivity contribution in [2.24, 2.45) is 0 Å². The van der Waals surface area contributed by atoms with Crippen LogP contribution in [-0.2, 0) is 9.59 Å². The molecule has 0 saturated heterocycles. The molecule has 80 valence electrons. The average molecular weight is 456 g/mol. The van der Waals surface area contributed by atoms with Crippen LogP contribution in [0.4, 0.5) is 0 Å². The van der Waals surface area contributed by atoms with E-state index in [0.29, 0.717) is 12.8 Å². The number of carbonyl (C=O) groups excluding carboxylic acids is 2. The minimum Gasteiger partial charge on any atom is -0.297 e. The van der Waals surface area contributed by atoms with E-state index in [1.165, 1.54) is 0 Å². The molecule has 0 aromatic carbocycles. The molecular formula is C8H8Br4O2. The van der Waals surface area contributed by atoms with Crippen LogP contribution < -0.4 is 0 Å². The molecular weight excluding hydrogens is 448 g/mol. The highest BCUT2D eigenvalue weighted by molar-refractivity contribution is 9.11. The number of hydrogen-bond donors (Lipinski definition) is 0. The van der Waals surface area contributed by atoms with Crippen molar-refractivity contribution >= 4 is 75.3 Å². The summed E-state index contributed by atoms with van der Waals surface area (Å²) >= 11 is 13.2. The number of hydrogen-bond acceptors (Lipinski definition) is 2. The summed E-state index contributed by atoms with van der Waals surface area (Å²) < 4.78 is 0. The van der Waals surface area contributed by atoms with Crippen LogP contribution in [0, 0.1) is 0 Å². The molecule has 1 aliphatic rings. The second-order valence-electron chi connectivity index (χ2n) is 3.15. The Kier molecular flexibility index (Phi) is 5.28. The van der Waals surface area contributed by atoms with Crippen LogP contribution in [-0.4, -0.2) is 30.9 Å². The molecule has 1 saturated carbocycles. The van der Waals surface area contributed by atoms with Gasteiger partial charge in [0, 0.05) is 0 Å². The van der Waals surface area contributed by atoms with Crippen molar-refractivity contribution in [1.29, 1.82) is 0 Å². The van der Waals surface area contributed by atoms with Gasteiger partial charge in [-0.25, -0.2) is 0 Å². The number of ketones is 2. The second kappa shape index (κ2) is 5.55. The van der Waals surface area contributed by atoms with E-state index in [-0.39, 0.29) is 30.9 Å². The third-order valence-corrected chi connectivity index (χ3v) is 5.36. The summed E-state index contributed by atoms with van der Waals surface area (Å²) in [5.41, 5.74) is 0. The molecule has 0 aliphatic heterocycles. The van der Waals surface area contributed by atoms with Crippen molar-refractivity contribution < 1.29 is 9.59 Å². The van der Waals surface area contributed by atoms with Gasteiger partial charge in [-0.05, 0) is 12.8 Å². The van der Waals surface area contributed by atoms with Crippen molar-refractivity contribution in [2.45, 2.75) is 32.2 Å². The van der Waals surface area contributed by atoms with E-state index in [1.54, 1.807) is 0 Å². The Morgan fingerprint density at radius 2 is 0.929 bits per heavy atom. The minimum absolute atomic E-state index is 0.103. The lowest BCUT2D eigenvalue weighted by molar-refractivity contribution is -0.120. The highest BCUT2D eigenvalue weighted by atomic mass is 79.9. The maximum absolute atomic E-state index is 11.6. The zero-order chi connectivity index (χ0) is 10.9. The zero-order valence-corrected chi connectivity index (χ0v) is 13.4. The predicted octanol–water partition coefficient (Wildman–Crippen LogP) is 2.97. The fourth-order valence-electron chi connectivity index (χ4n) is 1.22. The van der Waals surface area contributed by atoms with Gasteiger partial charge in [-0.2, -0.15) is 0 Å². The van der Waals surface area contributed by atoms with Gasteiger partial charge < -0.3 is 0 Å². The quantitative estimate of drug-likeness (QED) is 0.526. The summed E-state index contributed by atoms with van der Waals surface area (Å²) in [5, 5.41) is 0. The average Bonchev–Trinajstić information content (AvgIpc) is 2.13. The van der Waals surface area contributed by atoms with Gasteiger partial charge in [0.1, 0.15) is 0 Å².